The number of halogens is 1. The minimum atomic E-state index is 0.223. The summed E-state index contributed by atoms with van der Waals surface area (Å²) in [5.74, 6) is 0.223. The number of ketones is 1. The van der Waals surface area contributed by atoms with Gasteiger partial charge in [-0.05, 0) is 59.3 Å². The smallest absolute Gasteiger partial charge is 0.198 e. The average Bonchev–Trinajstić information content (AvgIpc) is 2.76. The second-order valence-electron chi connectivity index (χ2n) is 3.52. The van der Waals surface area contributed by atoms with Gasteiger partial charge in [-0.25, -0.2) is 0 Å². The lowest BCUT2D eigenvalue weighted by molar-refractivity contribution is 0.103. The molecule has 74 valence electrons. The molecule has 1 aliphatic carbocycles. The third-order valence-corrected chi connectivity index (χ3v) is 4.55. The van der Waals surface area contributed by atoms with Gasteiger partial charge in [-0.3, -0.25) is 4.79 Å². The van der Waals surface area contributed by atoms with E-state index in [1.807, 2.05) is 13.0 Å². The summed E-state index contributed by atoms with van der Waals surface area (Å²) in [7, 11) is 0. The predicted octanol–water partition coefficient (Wildman–Crippen LogP) is 4.11. The maximum absolute atomic E-state index is 11.9. The van der Waals surface area contributed by atoms with Crippen molar-refractivity contribution in [3.8, 4) is 0 Å². The lowest BCUT2D eigenvalue weighted by Crippen LogP contribution is -1.98. The second kappa shape index (κ2) is 3.99. The van der Waals surface area contributed by atoms with E-state index in [1.165, 1.54) is 11.3 Å². The number of rotatable bonds is 2. The van der Waals surface area contributed by atoms with Gasteiger partial charge in [-0.2, -0.15) is 0 Å². The van der Waals surface area contributed by atoms with Gasteiger partial charge in [0.05, 0.1) is 8.66 Å². The Morgan fingerprint density at radius 2 is 2.36 bits per heavy atom. The minimum absolute atomic E-state index is 0.223. The predicted molar refractivity (Wildman–Crippen MR) is 63.0 cm³/mol. The number of thiophene rings is 1. The Kier molecular flexibility index (Phi) is 2.88. The van der Waals surface area contributed by atoms with Crippen LogP contribution in [0.3, 0.4) is 0 Å². The molecular weight excluding hydrogens is 260 g/mol. The SMILES string of the molecule is Cc1cc(C(=O)C2=CCCC2)sc1Br. The fourth-order valence-electron chi connectivity index (χ4n) is 1.61. The molecule has 0 aliphatic heterocycles. The minimum Gasteiger partial charge on any atom is -0.288 e. The second-order valence-corrected chi connectivity index (χ2v) is 5.89. The Balaban J connectivity index is 2.26. The van der Waals surface area contributed by atoms with E-state index >= 15 is 0 Å². The molecule has 0 saturated carbocycles. The van der Waals surface area contributed by atoms with Crippen molar-refractivity contribution in [3.63, 3.8) is 0 Å². The zero-order chi connectivity index (χ0) is 10.1. The van der Waals surface area contributed by atoms with Crippen molar-refractivity contribution in [2.24, 2.45) is 0 Å². The lowest BCUT2D eigenvalue weighted by atomic mass is 10.1. The first-order chi connectivity index (χ1) is 6.68. The van der Waals surface area contributed by atoms with E-state index < -0.39 is 0 Å². The summed E-state index contributed by atoms with van der Waals surface area (Å²) < 4.78 is 1.07. The largest absolute Gasteiger partial charge is 0.288 e. The van der Waals surface area contributed by atoms with E-state index in [0.717, 1.165) is 39.1 Å². The summed E-state index contributed by atoms with van der Waals surface area (Å²) in [6, 6.07) is 1.97. The van der Waals surface area contributed by atoms with Crippen molar-refractivity contribution in [1.29, 1.82) is 0 Å². The van der Waals surface area contributed by atoms with Crippen LogP contribution in [0.1, 0.15) is 34.5 Å². The van der Waals surface area contributed by atoms with E-state index in [2.05, 4.69) is 22.0 Å². The fraction of sp³-hybridized carbons (Fsp3) is 0.364. The highest BCUT2D eigenvalue weighted by molar-refractivity contribution is 9.11. The van der Waals surface area contributed by atoms with Gasteiger partial charge >= 0.3 is 0 Å². The van der Waals surface area contributed by atoms with Crippen LogP contribution < -0.4 is 0 Å². The Labute approximate surface area is 96.0 Å². The Morgan fingerprint density at radius 3 is 2.86 bits per heavy atom. The molecule has 0 spiro atoms. The highest BCUT2D eigenvalue weighted by Gasteiger charge is 2.17. The molecule has 0 unspecified atom stereocenters. The van der Waals surface area contributed by atoms with Crippen LogP contribution in [0.15, 0.2) is 21.5 Å². The summed E-state index contributed by atoms with van der Waals surface area (Å²) in [4.78, 5) is 12.8. The molecule has 1 aromatic heterocycles. The highest BCUT2D eigenvalue weighted by Crippen LogP contribution is 2.31. The van der Waals surface area contributed by atoms with Crippen LogP contribution >= 0.6 is 27.3 Å². The third-order valence-electron chi connectivity index (χ3n) is 2.41. The first kappa shape index (κ1) is 10.1. The van der Waals surface area contributed by atoms with E-state index in [-0.39, 0.29) is 5.78 Å². The number of carbonyl (C=O) groups is 1. The average molecular weight is 271 g/mol. The van der Waals surface area contributed by atoms with Crippen LogP contribution in [0.4, 0.5) is 0 Å². The van der Waals surface area contributed by atoms with E-state index in [9.17, 15) is 4.79 Å². The van der Waals surface area contributed by atoms with Crippen molar-refractivity contribution in [2.75, 3.05) is 0 Å². The third kappa shape index (κ3) is 1.84. The van der Waals surface area contributed by atoms with Gasteiger partial charge in [0.1, 0.15) is 0 Å². The molecule has 3 heteroatoms. The summed E-state index contributed by atoms with van der Waals surface area (Å²) >= 11 is 4.98. The standard InChI is InChI=1S/C11H11BrOS/c1-7-6-9(14-11(7)12)10(13)8-4-2-3-5-8/h4,6H,2-3,5H2,1H3. The van der Waals surface area contributed by atoms with E-state index in [4.69, 9.17) is 0 Å². The molecule has 0 atom stereocenters. The first-order valence-electron chi connectivity index (χ1n) is 4.68. The van der Waals surface area contributed by atoms with Gasteiger partial charge in [0.2, 0.25) is 0 Å². The highest BCUT2D eigenvalue weighted by atomic mass is 79.9. The molecular formula is C11H11BrOS. The fourth-order valence-corrected chi connectivity index (χ4v) is 3.12. The molecule has 0 radical (unpaired) electrons. The van der Waals surface area contributed by atoms with E-state index in [0.29, 0.717) is 0 Å². The Morgan fingerprint density at radius 1 is 1.57 bits per heavy atom. The molecule has 0 aromatic carbocycles. The van der Waals surface area contributed by atoms with Gasteiger partial charge in [-0.15, -0.1) is 11.3 Å². The van der Waals surface area contributed by atoms with E-state index in [1.54, 1.807) is 0 Å². The van der Waals surface area contributed by atoms with Gasteiger partial charge in [0.15, 0.2) is 5.78 Å². The van der Waals surface area contributed by atoms with Crippen molar-refractivity contribution in [1.82, 2.24) is 0 Å². The van der Waals surface area contributed by atoms with Crippen molar-refractivity contribution in [3.05, 3.63) is 31.9 Å². The Hall–Kier alpha value is -0.410. The van der Waals surface area contributed by atoms with Crippen LogP contribution in [0, 0.1) is 6.92 Å². The first-order valence-corrected chi connectivity index (χ1v) is 6.29. The zero-order valence-electron chi connectivity index (χ0n) is 7.97. The quantitative estimate of drug-likeness (QED) is 0.740. The molecule has 0 bridgehead atoms. The molecule has 2 rings (SSSR count). The van der Waals surface area contributed by atoms with Gasteiger partial charge < -0.3 is 0 Å². The monoisotopic (exact) mass is 270 g/mol. The maximum atomic E-state index is 11.9. The van der Waals surface area contributed by atoms with Gasteiger partial charge in [0, 0.05) is 0 Å². The molecule has 1 nitrogen and oxygen atoms in total. The summed E-state index contributed by atoms with van der Waals surface area (Å²) in [5, 5.41) is 0. The number of aryl methyl sites for hydroxylation is 1. The van der Waals surface area contributed by atoms with Crippen LogP contribution in [-0.4, -0.2) is 5.78 Å². The molecule has 1 aliphatic rings. The maximum Gasteiger partial charge on any atom is 0.198 e. The van der Waals surface area contributed by atoms with Crippen LogP contribution in [-0.2, 0) is 0 Å². The topological polar surface area (TPSA) is 17.1 Å². The molecule has 0 N–H and O–H groups in total. The number of allylic oxidation sites excluding steroid dienone is 2. The summed E-state index contributed by atoms with van der Waals surface area (Å²) in [6.45, 7) is 2.01. The van der Waals surface area contributed by atoms with Crippen molar-refractivity contribution >= 4 is 33.0 Å². The molecule has 0 fully saturated rings. The van der Waals surface area contributed by atoms with Crippen molar-refractivity contribution in [2.45, 2.75) is 26.2 Å². The van der Waals surface area contributed by atoms with Crippen LogP contribution in [0.25, 0.3) is 0 Å². The van der Waals surface area contributed by atoms with Crippen LogP contribution in [0.2, 0.25) is 0 Å². The number of carbonyl (C=O) groups excluding carboxylic acids is 1. The summed E-state index contributed by atoms with van der Waals surface area (Å²) in [5.41, 5.74) is 2.15. The van der Waals surface area contributed by atoms with Gasteiger partial charge in [-0.1, -0.05) is 6.08 Å². The molecule has 0 amide bonds. The molecule has 0 saturated heterocycles. The normalized spacial score (nSPS) is 15.7. The lowest BCUT2D eigenvalue weighted by Gasteiger charge is -1.96. The number of Topliss-reactive ketones (excluding diaryl/α,β-unsaturated/α-hetero) is 1. The molecule has 1 heterocycles. The van der Waals surface area contributed by atoms with Crippen LogP contribution in [0.5, 0.6) is 0 Å². The molecule has 14 heavy (non-hydrogen) atoms. The molecule has 1 aromatic rings. The summed E-state index contributed by atoms with van der Waals surface area (Å²) in [6.07, 6.45) is 5.22. The number of hydrogen-bond donors (Lipinski definition) is 0. The zero-order valence-corrected chi connectivity index (χ0v) is 10.4. The van der Waals surface area contributed by atoms with Crippen molar-refractivity contribution < 1.29 is 4.79 Å². The van der Waals surface area contributed by atoms with Gasteiger partial charge in [0.25, 0.3) is 0 Å². The Bertz CT molecular complexity index is 384. The number of hydrogen-bond acceptors (Lipinski definition) is 2.